The third kappa shape index (κ3) is 3.89. The third-order valence-corrected chi connectivity index (χ3v) is 5.73. The van der Waals surface area contributed by atoms with Gasteiger partial charge in [-0.05, 0) is 37.2 Å². The molecule has 1 aliphatic carbocycles. The quantitative estimate of drug-likeness (QED) is 0.491. The first-order valence-electron chi connectivity index (χ1n) is 9.61. The Kier molecular flexibility index (Phi) is 6.02. The van der Waals surface area contributed by atoms with Crippen molar-refractivity contribution in [2.24, 2.45) is 17.0 Å². The summed E-state index contributed by atoms with van der Waals surface area (Å²) in [6.07, 6.45) is 2.95. The van der Waals surface area contributed by atoms with E-state index in [1.54, 1.807) is 11.9 Å². The fourth-order valence-electron chi connectivity index (χ4n) is 3.83. The summed E-state index contributed by atoms with van der Waals surface area (Å²) in [6.45, 7) is 1.97. The van der Waals surface area contributed by atoms with Crippen LogP contribution in [0.4, 0.5) is 10.2 Å². The van der Waals surface area contributed by atoms with Crippen LogP contribution in [0, 0.1) is 22.6 Å². The highest BCUT2D eigenvalue weighted by Gasteiger charge is 2.44. The van der Waals surface area contributed by atoms with Crippen molar-refractivity contribution in [3.8, 4) is 0 Å². The molecule has 8 nitrogen and oxygen atoms in total. The highest BCUT2D eigenvalue weighted by Crippen LogP contribution is 2.45. The van der Waals surface area contributed by atoms with Crippen LogP contribution in [-0.2, 0) is 4.79 Å². The van der Waals surface area contributed by atoms with Crippen molar-refractivity contribution in [3.63, 3.8) is 0 Å². The molecule has 0 saturated heterocycles. The summed E-state index contributed by atoms with van der Waals surface area (Å²) in [5, 5.41) is 14.5. The third-order valence-electron chi connectivity index (χ3n) is 5.73. The number of pyridine rings is 1. The van der Waals surface area contributed by atoms with Gasteiger partial charge in [-0.3, -0.25) is 14.9 Å². The van der Waals surface area contributed by atoms with Gasteiger partial charge in [0, 0.05) is 13.6 Å². The Morgan fingerprint density at radius 1 is 1.43 bits per heavy atom. The Hall–Kier alpha value is -2.42. The zero-order chi connectivity index (χ0) is 20.4. The Morgan fingerprint density at radius 3 is 2.71 bits per heavy atom. The Balaban J connectivity index is 1.83. The number of nitroso groups, excluding NO2 is 1. The van der Waals surface area contributed by atoms with Gasteiger partial charge >= 0.3 is 0 Å². The molecule has 3 rings (SSSR count). The minimum absolute atomic E-state index is 0.0707. The molecule has 0 spiro atoms. The van der Waals surface area contributed by atoms with Crippen LogP contribution in [0.15, 0.2) is 11.2 Å². The van der Waals surface area contributed by atoms with E-state index in [0.717, 1.165) is 18.9 Å². The maximum Gasteiger partial charge on any atom is 0.259 e. The molecule has 1 aromatic rings. The predicted octanol–water partition coefficient (Wildman–Crippen LogP) is 1.96. The fourth-order valence-corrected chi connectivity index (χ4v) is 3.83. The number of carbonyl (C=O) groups is 2. The van der Waals surface area contributed by atoms with Crippen molar-refractivity contribution in [1.29, 1.82) is 0 Å². The number of hydrogen-bond acceptors (Lipinski definition) is 7. The molecule has 2 N–H and O–H groups in total. The Morgan fingerprint density at radius 2 is 2.14 bits per heavy atom. The van der Waals surface area contributed by atoms with Crippen LogP contribution in [0.2, 0.25) is 0 Å². The maximum atomic E-state index is 14.7. The van der Waals surface area contributed by atoms with Gasteiger partial charge in [-0.25, -0.2) is 9.37 Å². The highest BCUT2D eigenvalue weighted by molar-refractivity contribution is 6.11. The number of imide groups is 1. The molecular weight excluding hydrogens is 367 g/mol. The Labute approximate surface area is 162 Å². The van der Waals surface area contributed by atoms with Crippen molar-refractivity contribution in [1.82, 2.24) is 10.3 Å². The van der Waals surface area contributed by atoms with E-state index in [9.17, 15) is 24.0 Å². The molecule has 2 heterocycles. The minimum atomic E-state index is -0.694. The van der Waals surface area contributed by atoms with Gasteiger partial charge in [0.2, 0.25) is 5.91 Å². The molecule has 2 aliphatic rings. The average Bonchev–Trinajstić information content (AvgIpc) is 3.50. The van der Waals surface area contributed by atoms with E-state index in [-0.39, 0.29) is 35.7 Å². The zero-order valence-corrected chi connectivity index (χ0v) is 16.0. The van der Waals surface area contributed by atoms with Crippen LogP contribution in [0.25, 0.3) is 0 Å². The number of nitrogens with zero attached hydrogens (tertiary/aromatic N) is 3. The van der Waals surface area contributed by atoms with Crippen LogP contribution in [0.1, 0.15) is 54.6 Å². The molecule has 28 heavy (non-hydrogen) atoms. The second kappa shape index (κ2) is 8.30. The number of amides is 2. The van der Waals surface area contributed by atoms with E-state index in [2.05, 4.69) is 15.5 Å². The van der Waals surface area contributed by atoms with Crippen molar-refractivity contribution >= 4 is 17.6 Å². The second-order valence-electron chi connectivity index (χ2n) is 7.59. The summed E-state index contributed by atoms with van der Waals surface area (Å²) in [7, 11) is 1.67. The minimum Gasteiger partial charge on any atom is -0.394 e. The summed E-state index contributed by atoms with van der Waals surface area (Å²) >= 11 is 0. The molecule has 0 radical (unpaired) electrons. The largest absolute Gasteiger partial charge is 0.394 e. The van der Waals surface area contributed by atoms with Gasteiger partial charge in [-0.15, -0.1) is 0 Å². The lowest BCUT2D eigenvalue weighted by Crippen LogP contribution is -2.42. The number of aliphatic hydroxyl groups excluding tert-OH is 1. The zero-order valence-electron chi connectivity index (χ0n) is 16.0. The number of nitrogens with one attached hydrogen (secondary N) is 1. The van der Waals surface area contributed by atoms with Crippen LogP contribution in [0.5, 0.6) is 0 Å². The second-order valence-corrected chi connectivity index (χ2v) is 7.59. The number of carbonyl (C=O) groups excluding carboxylic acids is 2. The van der Waals surface area contributed by atoms with Gasteiger partial charge in [-0.2, -0.15) is 4.91 Å². The number of aliphatic hydroxyl groups is 1. The summed E-state index contributed by atoms with van der Waals surface area (Å²) in [4.78, 5) is 41.2. The van der Waals surface area contributed by atoms with Crippen LogP contribution >= 0.6 is 0 Å². The molecule has 3 unspecified atom stereocenters. The van der Waals surface area contributed by atoms with E-state index in [4.69, 9.17) is 0 Å². The summed E-state index contributed by atoms with van der Waals surface area (Å²) < 4.78 is 14.7. The van der Waals surface area contributed by atoms with E-state index < -0.39 is 23.7 Å². The molecule has 2 amide bonds. The van der Waals surface area contributed by atoms with Gasteiger partial charge in [0.1, 0.15) is 6.04 Å². The molecule has 1 fully saturated rings. The van der Waals surface area contributed by atoms with Crippen molar-refractivity contribution in [3.05, 3.63) is 28.0 Å². The first kappa shape index (κ1) is 20.3. The average molecular weight is 392 g/mol. The molecule has 1 aliphatic heterocycles. The lowest BCUT2D eigenvalue weighted by Gasteiger charge is -2.27. The number of hydrogen-bond donors (Lipinski definition) is 2. The lowest BCUT2D eigenvalue weighted by atomic mass is 9.90. The molecule has 3 atom stereocenters. The lowest BCUT2D eigenvalue weighted by molar-refractivity contribution is -0.122. The maximum absolute atomic E-state index is 14.7. The molecule has 152 valence electrons. The SMILES string of the molecule is CCC(CCN(C)c1nc2c(cc1F)C(=O)NC(=O)C2C1CC1)C(CO)N=O. The first-order valence-corrected chi connectivity index (χ1v) is 9.61. The van der Waals surface area contributed by atoms with Crippen molar-refractivity contribution in [2.45, 2.75) is 44.6 Å². The number of aromatic nitrogens is 1. The monoisotopic (exact) mass is 392 g/mol. The van der Waals surface area contributed by atoms with Crippen molar-refractivity contribution < 1.29 is 19.1 Å². The van der Waals surface area contributed by atoms with Crippen LogP contribution < -0.4 is 10.2 Å². The van der Waals surface area contributed by atoms with Gasteiger partial charge in [-0.1, -0.05) is 18.5 Å². The van der Waals surface area contributed by atoms with Gasteiger partial charge in [0.05, 0.1) is 23.8 Å². The van der Waals surface area contributed by atoms with Crippen LogP contribution in [0.3, 0.4) is 0 Å². The molecule has 1 saturated carbocycles. The standard InChI is InChI=1S/C19H25FN4O4/c1-3-10(14(9-25)23-28)6-7-24(2)17-13(20)8-12-16(21-17)15(11-4-5-11)19(27)22-18(12)26/h8,10-11,14-15,25H,3-7,9H2,1-2H3,(H,22,26,27). The summed E-state index contributed by atoms with van der Waals surface area (Å²) in [6, 6.07) is 0.451. The molecule has 0 bridgehead atoms. The predicted molar refractivity (Wildman–Crippen MR) is 100 cm³/mol. The van der Waals surface area contributed by atoms with Gasteiger partial charge in [0.15, 0.2) is 11.6 Å². The van der Waals surface area contributed by atoms with Gasteiger partial charge in [0.25, 0.3) is 5.91 Å². The van der Waals surface area contributed by atoms with Crippen LogP contribution in [-0.4, -0.2) is 48.1 Å². The molecular formula is C19H25FN4O4. The van der Waals surface area contributed by atoms with E-state index in [0.29, 0.717) is 25.1 Å². The molecule has 1 aromatic heterocycles. The van der Waals surface area contributed by atoms with E-state index in [1.165, 1.54) is 0 Å². The molecule has 9 heteroatoms. The normalized spacial score (nSPS) is 20.9. The van der Waals surface area contributed by atoms with E-state index in [1.807, 2.05) is 6.92 Å². The molecule has 0 aromatic carbocycles. The summed E-state index contributed by atoms with van der Waals surface area (Å²) in [5.41, 5.74) is 0.456. The van der Waals surface area contributed by atoms with Crippen molar-refractivity contribution in [2.75, 3.05) is 25.1 Å². The number of halogens is 1. The Bertz CT molecular complexity index is 783. The fraction of sp³-hybridized carbons (Fsp3) is 0.632. The topological polar surface area (TPSA) is 112 Å². The number of fused-ring (bicyclic) bond motifs is 1. The smallest absolute Gasteiger partial charge is 0.259 e. The van der Waals surface area contributed by atoms with E-state index >= 15 is 0 Å². The number of rotatable bonds is 9. The summed E-state index contributed by atoms with van der Waals surface area (Å²) in [5.74, 6) is -2.08. The first-order chi connectivity index (χ1) is 13.4. The number of anilines is 1. The van der Waals surface area contributed by atoms with Gasteiger partial charge < -0.3 is 10.0 Å². The highest BCUT2D eigenvalue weighted by atomic mass is 19.1.